The SMILES string of the molecule is CCCCCCCCC12C(=O)NC(=O)C1=C(C1=CCCCCC1)CCCC2C(C)(C)c1ccccc1. The molecule has 1 N–H and O–H groups in total. The first-order chi connectivity index (χ1) is 17.4. The highest BCUT2D eigenvalue weighted by molar-refractivity contribution is 6.18. The number of hydrogen-bond acceptors (Lipinski definition) is 2. The van der Waals surface area contributed by atoms with E-state index < -0.39 is 5.41 Å². The predicted molar refractivity (Wildman–Crippen MR) is 149 cm³/mol. The van der Waals surface area contributed by atoms with E-state index in [1.165, 1.54) is 61.7 Å². The predicted octanol–water partition coefficient (Wildman–Crippen LogP) is 8.34. The molecule has 0 saturated carbocycles. The van der Waals surface area contributed by atoms with Gasteiger partial charge >= 0.3 is 0 Å². The molecule has 0 bridgehead atoms. The van der Waals surface area contributed by atoms with E-state index in [2.05, 4.69) is 62.5 Å². The number of nitrogens with one attached hydrogen (secondary N) is 1. The van der Waals surface area contributed by atoms with E-state index in [9.17, 15) is 9.59 Å². The average Bonchev–Trinajstić information content (AvgIpc) is 3.11. The van der Waals surface area contributed by atoms with E-state index in [-0.39, 0.29) is 23.1 Å². The number of allylic oxidation sites excluding steroid dienone is 3. The molecule has 2 aliphatic carbocycles. The van der Waals surface area contributed by atoms with Crippen LogP contribution in [0.15, 0.2) is 53.1 Å². The molecule has 0 aromatic heterocycles. The average molecular weight is 490 g/mol. The molecule has 1 aromatic carbocycles. The number of unbranched alkanes of at least 4 members (excludes halogenated alkanes) is 5. The largest absolute Gasteiger partial charge is 0.292 e. The van der Waals surface area contributed by atoms with Gasteiger partial charge in [-0.1, -0.05) is 102 Å². The van der Waals surface area contributed by atoms with Crippen molar-refractivity contribution in [3.8, 4) is 0 Å². The summed E-state index contributed by atoms with van der Waals surface area (Å²) in [7, 11) is 0. The van der Waals surface area contributed by atoms with E-state index in [1.807, 2.05) is 0 Å². The number of hydrogen-bond donors (Lipinski definition) is 1. The van der Waals surface area contributed by atoms with Gasteiger partial charge in [0, 0.05) is 5.57 Å². The highest BCUT2D eigenvalue weighted by Crippen LogP contribution is 2.57. The molecule has 1 aromatic rings. The van der Waals surface area contributed by atoms with Crippen LogP contribution in [0.1, 0.15) is 123 Å². The number of rotatable bonds is 10. The van der Waals surface area contributed by atoms with Crippen molar-refractivity contribution in [1.82, 2.24) is 5.32 Å². The van der Waals surface area contributed by atoms with Crippen LogP contribution >= 0.6 is 0 Å². The van der Waals surface area contributed by atoms with Crippen molar-refractivity contribution in [3.63, 3.8) is 0 Å². The third-order valence-corrected chi connectivity index (χ3v) is 9.36. The first-order valence-electron chi connectivity index (χ1n) is 14.8. The maximum atomic E-state index is 14.1. The van der Waals surface area contributed by atoms with E-state index in [4.69, 9.17) is 0 Å². The first kappa shape index (κ1) is 26.9. The Morgan fingerprint density at radius 2 is 1.67 bits per heavy atom. The van der Waals surface area contributed by atoms with Crippen molar-refractivity contribution >= 4 is 11.8 Å². The van der Waals surface area contributed by atoms with E-state index >= 15 is 0 Å². The lowest BCUT2D eigenvalue weighted by Crippen LogP contribution is -2.47. The molecule has 4 rings (SSSR count). The monoisotopic (exact) mass is 489 g/mol. The minimum atomic E-state index is -0.736. The second kappa shape index (κ2) is 11.9. The van der Waals surface area contributed by atoms with Crippen molar-refractivity contribution in [2.45, 2.75) is 122 Å². The summed E-state index contributed by atoms with van der Waals surface area (Å²) in [6.07, 6.45) is 19.0. The number of carbonyl (C=O) groups excluding carboxylic acids is 2. The van der Waals surface area contributed by atoms with Crippen molar-refractivity contribution in [1.29, 1.82) is 0 Å². The quantitative estimate of drug-likeness (QED) is 0.265. The van der Waals surface area contributed by atoms with Crippen LogP contribution in [-0.4, -0.2) is 11.8 Å². The smallest absolute Gasteiger partial charge is 0.255 e. The highest BCUT2D eigenvalue weighted by atomic mass is 16.2. The lowest BCUT2D eigenvalue weighted by molar-refractivity contribution is -0.132. The van der Waals surface area contributed by atoms with Gasteiger partial charge in [0.25, 0.3) is 5.91 Å². The Balaban J connectivity index is 1.81. The van der Waals surface area contributed by atoms with Gasteiger partial charge in [0.15, 0.2) is 0 Å². The molecule has 0 spiro atoms. The van der Waals surface area contributed by atoms with Crippen LogP contribution in [0.4, 0.5) is 0 Å². The number of imide groups is 1. The molecule has 3 heteroatoms. The molecular formula is C33H47NO2. The van der Waals surface area contributed by atoms with Crippen molar-refractivity contribution < 1.29 is 9.59 Å². The summed E-state index contributed by atoms with van der Waals surface area (Å²) in [4.78, 5) is 27.7. The summed E-state index contributed by atoms with van der Waals surface area (Å²) < 4.78 is 0. The molecule has 2 amide bonds. The summed E-state index contributed by atoms with van der Waals surface area (Å²) in [6.45, 7) is 6.86. The molecule has 1 heterocycles. The van der Waals surface area contributed by atoms with Gasteiger partial charge in [-0.25, -0.2) is 0 Å². The second-order valence-electron chi connectivity index (χ2n) is 12.0. The van der Waals surface area contributed by atoms with Crippen molar-refractivity contribution in [3.05, 3.63) is 58.7 Å². The van der Waals surface area contributed by atoms with Crippen LogP contribution in [0.2, 0.25) is 0 Å². The van der Waals surface area contributed by atoms with Gasteiger partial charge in [-0.05, 0) is 79.4 Å². The summed E-state index contributed by atoms with van der Waals surface area (Å²) in [5.41, 5.74) is 3.74. The summed E-state index contributed by atoms with van der Waals surface area (Å²) in [5.74, 6) is -0.0473. The Morgan fingerprint density at radius 1 is 0.917 bits per heavy atom. The second-order valence-corrected chi connectivity index (χ2v) is 12.0. The summed E-state index contributed by atoms with van der Waals surface area (Å²) in [6, 6.07) is 10.7. The summed E-state index contributed by atoms with van der Waals surface area (Å²) >= 11 is 0. The minimum absolute atomic E-state index is 0.0290. The maximum Gasteiger partial charge on any atom is 0.255 e. The van der Waals surface area contributed by atoms with Gasteiger partial charge in [-0.3, -0.25) is 14.9 Å². The molecule has 2 atom stereocenters. The van der Waals surface area contributed by atoms with Gasteiger partial charge < -0.3 is 0 Å². The Labute approximate surface area is 219 Å². The van der Waals surface area contributed by atoms with Crippen LogP contribution in [0.3, 0.4) is 0 Å². The molecule has 1 saturated heterocycles. The standard InChI is InChI=1S/C33H47NO2/c1-4-5-6-7-10-16-24-33-28(32(2,3)26-20-14-11-15-21-26)23-17-22-27(25-18-12-8-9-13-19-25)29(33)30(35)34-31(33)36/h11,14-15,18,20-21,28H,4-10,12-13,16-17,19,22-24H2,1-3H3,(H,34,35,36). The van der Waals surface area contributed by atoms with Crippen LogP contribution in [0.5, 0.6) is 0 Å². The molecule has 2 unspecified atom stereocenters. The number of fused-ring (bicyclic) bond motifs is 1. The Bertz CT molecular complexity index is 986. The Morgan fingerprint density at radius 3 is 2.44 bits per heavy atom. The molecule has 3 aliphatic rings. The third-order valence-electron chi connectivity index (χ3n) is 9.36. The number of amides is 2. The van der Waals surface area contributed by atoms with E-state index in [0.717, 1.165) is 56.9 Å². The normalized spacial score (nSPS) is 25.2. The van der Waals surface area contributed by atoms with Gasteiger partial charge in [-0.2, -0.15) is 0 Å². The molecule has 1 fully saturated rings. The lowest BCUT2D eigenvalue weighted by atomic mass is 9.56. The van der Waals surface area contributed by atoms with Crippen molar-refractivity contribution in [2.75, 3.05) is 0 Å². The first-order valence-corrected chi connectivity index (χ1v) is 14.8. The highest BCUT2D eigenvalue weighted by Gasteiger charge is 2.60. The molecule has 3 nitrogen and oxygen atoms in total. The molecule has 36 heavy (non-hydrogen) atoms. The van der Waals surface area contributed by atoms with Gasteiger partial charge in [0.1, 0.15) is 0 Å². The van der Waals surface area contributed by atoms with E-state index in [1.54, 1.807) is 0 Å². The van der Waals surface area contributed by atoms with Gasteiger partial charge in [-0.15, -0.1) is 0 Å². The van der Waals surface area contributed by atoms with E-state index in [0.29, 0.717) is 0 Å². The zero-order valence-corrected chi connectivity index (χ0v) is 23.0. The molecule has 196 valence electrons. The minimum Gasteiger partial charge on any atom is -0.292 e. The zero-order chi connectivity index (χ0) is 25.6. The van der Waals surface area contributed by atoms with Gasteiger partial charge in [0.2, 0.25) is 5.91 Å². The van der Waals surface area contributed by atoms with Crippen LogP contribution < -0.4 is 5.32 Å². The topological polar surface area (TPSA) is 46.2 Å². The van der Waals surface area contributed by atoms with Crippen LogP contribution in [0.25, 0.3) is 0 Å². The summed E-state index contributed by atoms with van der Waals surface area (Å²) in [5, 5.41) is 2.86. The third kappa shape index (κ3) is 5.27. The zero-order valence-electron chi connectivity index (χ0n) is 23.0. The van der Waals surface area contributed by atoms with Crippen LogP contribution in [-0.2, 0) is 15.0 Å². The van der Waals surface area contributed by atoms with Crippen molar-refractivity contribution in [2.24, 2.45) is 11.3 Å². The number of carbonyl (C=O) groups is 2. The maximum absolute atomic E-state index is 14.1. The van der Waals surface area contributed by atoms with Crippen LogP contribution in [0, 0.1) is 11.3 Å². The number of benzene rings is 1. The Kier molecular flexibility index (Phi) is 8.91. The molecular weight excluding hydrogens is 442 g/mol. The molecule has 1 aliphatic heterocycles. The lowest BCUT2D eigenvalue weighted by Gasteiger charge is -2.45. The van der Waals surface area contributed by atoms with Gasteiger partial charge in [0.05, 0.1) is 5.41 Å². The fourth-order valence-corrected chi connectivity index (χ4v) is 7.44. The fourth-order valence-electron chi connectivity index (χ4n) is 7.44. The fraction of sp³-hybridized carbons (Fsp3) is 0.636. The Hall–Kier alpha value is -2.16. The molecule has 0 radical (unpaired) electrons.